The van der Waals surface area contributed by atoms with Crippen LogP contribution in [-0.2, 0) is 0 Å². The van der Waals surface area contributed by atoms with Gasteiger partial charge in [-0.25, -0.2) is 0 Å². The predicted octanol–water partition coefficient (Wildman–Crippen LogP) is 2.32. The normalized spacial score (nSPS) is 36.6. The third kappa shape index (κ3) is 2.74. The molecule has 0 aromatic heterocycles. The molecule has 2 aliphatic rings. The molecule has 0 radical (unpaired) electrons. The van der Waals surface area contributed by atoms with Gasteiger partial charge in [-0.15, -0.1) is 0 Å². The zero-order chi connectivity index (χ0) is 11.5. The SMILES string of the molecule is CCCC(CS)CN1C2CCC1CC(O)C2. The molecule has 3 unspecified atom stereocenters. The number of fused-ring (bicyclic) bond motifs is 2. The van der Waals surface area contributed by atoms with Crippen LogP contribution in [0.15, 0.2) is 0 Å². The zero-order valence-electron chi connectivity index (χ0n) is 10.3. The number of hydrogen-bond acceptors (Lipinski definition) is 3. The molecule has 2 fully saturated rings. The number of aliphatic hydroxyl groups excluding tert-OH is 1. The van der Waals surface area contributed by atoms with E-state index >= 15 is 0 Å². The van der Waals surface area contributed by atoms with Gasteiger partial charge < -0.3 is 5.11 Å². The first-order valence-electron chi connectivity index (χ1n) is 6.79. The summed E-state index contributed by atoms with van der Waals surface area (Å²) >= 11 is 4.47. The van der Waals surface area contributed by atoms with Crippen molar-refractivity contribution in [1.82, 2.24) is 4.90 Å². The number of hydrogen-bond donors (Lipinski definition) is 2. The third-order valence-electron chi connectivity index (χ3n) is 4.28. The van der Waals surface area contributed by atoms with Gasteiger partial charge in [-0.05, 0) is 43.8 Å². The Balaban J connectivity index is 1.90. The number of piperidine rings is 1. The molecule has 16 heavy (non-hydrogen) atoms. The highest BCUT2D eigenvalue weighted by Gasteiger charge is 2.40. The molecule has 0 aliphatic carbocycles. The summed E-state index contributed by atoms with van der Waals surface area (Å²) in [6.45, 7) is 3.46. The minimum atomic E-state index is -0.0330. The Bertz CT molecular complexity index is 210. The van der Waals surface area contributed by atoms with E-state index in [2.05, 4.69) is 24.5 Å². The summed E-state index contributed by atoms with van der Waals surface area (Å²) in [5.41, 5.74) is 0. The number of thiol groups is 1. The Kier molecular flexibility index (Phi) is 4.57. The molecule has 0 amide bonds. The van der Waals surface area contributed by atoms with Gasteiger partial charge in [0.1, 0.15) is 0 Å². The molecule has 0 saturated carbocycles. The van der Waals surface area contributed by atoms with Crippen LogP contribution >= 0.6 is 12.6 Å². The van der Waals surface area contributed by atoms with Crippen molar-refractivity contribution in [1.29, 1.82) is 0 Å². The standard InChI is InChI=1S/C13H25NOS/c1-2-3-10(9-16)8-14-11-4-5-12(14)7-13(15)6-11/h10-13,15-16H,2-9H2,1H3. The van der Waals surface area contributed by atoms with E-state index in [4.69, 9.17) is 0 Å². The summed E-state index contributed by atoms with van der Waals surface area (Å²) in [7, 11) is 0. The molecule has 2 nitrogen and oxygen atoms in total. The molecule has 2 rings (SSSR count). The van der Waals surface area contributed by atoms with Gasteiger partial charge in [-0.3, -0.25) is 4.90 Å². The van der Waals surface area contributed by atoms with Crippen molar-refractivity contribution in [3.8, 4) is 0 Å². The van der Waals surface area contributed by atoms with Crippen molar-refractivity contribution in [2.45, 2.75) is 63.6 Å². The summed E-state index contributed by atoms with van der Waals surface area (Å²) in [6.07, 6.45) is 7.12. The van der Waals surface area contributed by atoms with E-state index in [1.807, 2.05) is 0 Å². The molecule has 2 aliphatic heterocycles. The third-order valence-corrected chi connectivity index (χ3v) is 4.80. The lowest BCUT2D eigenvalue weighted by molar-refractivity contribution is 0.0279. The first-order valence-corrected chi connectivity index (χ1v) is 7.42. The molecule has 0 aromatic rings. The largest absolute Gasteiger partial charge is 0.393 e. The van der Waals surface area contributed by atoms with Crippen molar-refractivity contribution in [2.24, 2.45) is 5.92 Å². The van der Waals surface area contributed by atoms with Gasteiger partial charge in [0.2, 0.25) is 0 Å². The topological polar surface area (TPSA) is 23.5 Å². The Labute approximate surface area is 105 Å². The monoisotopic (exact) mass is 243 g/mol. The van der Waals surface area contributed by atoms with Crippen LogP contribution in [0.2, 0.25) is 0 Å². The van der Waals surface area contributed by atoms with Gasteiger partial charge >= 0.3 is 0 Å². The summed E-state index contributed by atoms with van der Waals surface area (Å²) in [6, 6.07) is 1.32. The summed E-state index contributed by atoms with van der Waals surface area (Å²) in [5, 5.41) is 9.76. The van der Waals surface area contributed by atoms with Crippen LogP contribution in [0.3, 0.4) is 0 Å². The van der Waals surface area contributed by atoms with Crippen LogP contribution < -0.4 is 0 Å². The van der Waals surface area contributed by atoms with Crippen molar-refractivity contribution >= 4 is 12.6 Å². The van der Waals surface area contributed by atoms with Crippen molar-refractivity contribution in [3.05, 3.63) is 0 Å². The van der Waals surface area contributed by atoms with Crippen molar-refractivity contribution in [2.75, 3.05) is 12.3 Å². The van der Waals surface area contributed by atoms with Gasteiger partial charge in [0.05, 0.1) is 6.10 Å². The maximum absolute atomic E-state index is 9.76. The summed E-state index contributed by atoms with van der Waals surface area (Å²) in [5.74, 6) is 1.75. The summed E-state index contributed by atoms with van der Waals surface area (Å²) < 4.78 is 0. The highest BCUT2D eigenvalue weighted by atomic mass is 32.1. The minimum absolute atomic E-state index is 0.0330. The Morgan fingerprint density at radius 3 is 2.44 bits per heavy atom. The molecule has 0 aromatic carbocycles. The first-order chi connectivity index (χ1) is 7.74. The van der Waals surface area contributed by atoms with Crippen LogP contribution in [0.25, 0.3) is 0 Å². The van der Waals surface area contributed by atoms with Gasteiger partial charge in [0.15, 0.2) is 0 Å². The zero-order valence-corrected chi connectivity index (χ0v) is 11.2. The van der Waals surface area contributed by atoms with Crippen molar-refractivity contribution < 1.29 is 5.11 Å². The van der Waals surface area contributed by atoms with Gasteiger partial charge in [-0.2, -0.15) is 12.6 Å². The van der Waals surface area contributed by atoms with E-state index in [1.165, 1.54) is 32.2 Å². The van der Waals surface area contributed by atoms with E-state index in [0.29, 0.717) is 12.1 Å². The second-order valence-corrected chi connectivity index (χ2v) is 5.91. The highest BCUT2D eigenvalue weighted by Crippen LogP contribution is 2.36. The number of aliphatic hydroxyl groups is 1. The second kappa shape index (κ2) is 5.74. The van der Waals surface area contributed by atoms with E-state index in [9.17, 15) is 5.11 Å². The molecule has 0 spiro atoms. The molecule has 3 heteroatoms. The fourth-order valence-electron chi connectivity index (χ4n) is 3.49. The lowest BCUT2D eigenvalue weighted by Crippen LogP contribution is -2.46. The molecule has 94 valence electrons. The van der Waals surface area contributed by atoms with E-state index in [0.717, 1.165) is 24.5 Å². The Morgan fingerprint density at radius 1 is 1.31 bits per heavy atom. The quantitative estimate of drug-likeness (QED) is 0.724. The smallest absolute Gasteiger partial charge is 0.0570 e. The average molecular weight is 243 g/mol. The van der Waals surface area contributed by atoms with Gasteiger partial charge in [0, 0.05) is 18.6 Å². The summed E-state index contributed by atoms with van der Waals surface area (Å²) in [4.78, 5) is 2.67. The van der Waals surface area contributed by atoms with E-state index < -0.39 is 0 Å². The van der Waals surface area contributed by atoms with E-state index in [-0.39, 0.29) is 6.10 Å². The molecule has 3 atom stereocenters. The van der Waals surface area contributed by atoms with Gasteiger partial charge in [-0.1, -0.05) is 13.3 Å². The number of rotatable bonds is 5. The van der Waals surface area contributed by atoms with Crippen LogP contribution in [0, 0.1) is 5.92 Å². The second-order valence-electron chi connectivity index (χ2n) is 5.54. The van der Waals surface area contributed by atoms with Crippen LogP contribution in [0.4, 0.5) is 0 Å². The first kappa shape index (κ1) is 12.7. The van der Waals surface area contributed by atoms with Gasteiger partial charge in [0.25, 0.3) is 0 Å². The van der Waals surface area contributed by atoms with Crippen molar-refractivity contribution in [3.63, 3.8) is 0 Å². The van der Waals surface area contributed by atoms with Crippen LogP contribution in [0.5, 0.6) is 0 Å². The maximum Gasteiger partial charge on any atom is 0.0570 e. The maximum atomic E-state index is 9.76. The Hall–Kier alpha value is 0.270. The predicted molar refractivity (Wildman–Crippen MR) is 71.0 cm³/mol. The average Bonchev–Trinajstić information content (AvgIpc) is 2.50. The molecular formula is C13H25NOS. The molecule has 2 bridgehead atoms. The number of nitrogens with zero attached hydrogens (tertiary/aromatic N) is 1. The van der Waals surface area contributed by atoms with E-state index in [1.54, 1.807) is 0 Å². The Morgan fingerprint density at radius 2 is 1.94 bits per heavy atom. The lowest BCUT2D eigenvalue weighted by atomic mass is 9.97. The van der Waals surface area contributed by atoms with Crippen LogP contribution in [0.1, 0.15) is 45.4 Å². The highest BCUT2D eigenvalue weighted by molar-refractivity contribution is 7.80. The fourth-order valence-corrected chi connectivity index (χ4v) is 3.79. The van der Waals surface area contributed by atoms with Crippen LogP contribution in [-0.4, -0.2) is 40.5 Å². The molecule has 2 heterocycles. The lowest BCUT2D eigenvalue weighted by Gasteiger charge is -2.39. The minimum Gasteiger partial charge on any atom is -0.393 e. The molecule has 2 saturated heterocycles. The molecule has 1 N–H and O–H groups in total. The molecular weight excluding hydrogens is 218 g/mol. The fraction of sp³-hybridized carbons (Fsp3) is 1.00.